The zero-order chi connectivity index (χ0) is 18.0. The van der Waals surface area contributed by atoms with E-state index in [9.17, 15) is 8.42 Å². The Bertz CT molecular complexity index is 619. The second kappa shape index (κ2) is 12.5. The molecular weight excluding hydrogens is 453 g/mol. The minimum atomic E-state index is -2.97. The van der Waals surface area contributed by atoms with Crippen LogP contribution in [0.5, 0.6) is 0 Å². The van der Waals surface area contributed by atoms with Gasteiger partial charge in [-0.2, -0.15) is 0 Å². The molecule has 8 heteroatoms. The van der Waals surface area contributed by atoms with E-state index in [0.29, 0.717) is 19.1 Å². The van der Waals surface area contributed by atoms with Gasteiger partial charge in [0.15, 0.2) is 5.96 Å². The number of rotatable bonds is 9. The molecule has 0 spiro atoms. The number of hydrogen-bond acceptors (Lipinski definition) is 4. The third kappa shape index (κ3) is 10.7. The highest BCUT2D eigenvalue weighted by Gasteiger charge is 2.07. The summed E-state index contributed by atoms with van der Waals surface area (Å²) in [6.07, 6.45) is 2.24. The second-order valence-electron chi connectivity index (χ2n) is 5.70. The normalized spacial score (nSPS) is 13.0. The van der Waals surface area contributed by atoms with Crippen LogP contribution in [0.15, 0.2) is 29.3 Å². The van der Waals surface area contributed by atoms with Gasteiger partial charge >= 0.3 is 0 Å². The molecule has 1 unspecified atom stereocenters. The number of benzene rings is 1. The first kappa shape index (κ1) is 24.1. The van der Waals surface area contributed by atoms with Crippen molar-refractivity contribution in [2.45, 2.75) is 26.3 Å². The maximum absolute atomic E-state index is 11.0. The molecule has 25 heavy (non-hydrogen) atoms. The van der Waals surface area contributed by atoms with Crippen molar-refractivity contribution in [3.05, 3.63) is 35.4 Å². The molecule has 144 valence electrons. The van der Waals surface area contributed by atoms with Gasteiger partial charge in [-0.15, -0.1) is 24.0 Å². The predicted octanol–water partition coefficient (Wildman–Crippen LogP) is 2.15. The lowest BCUT2D eigenvalue weighted by atomic mass is 10.1. The van der Waals surface area contributed by atoms with Gasteiger partial charge in [-0.05, 0) is 24.5 Å². The van der Waals surface area contributed by atoms with Gasteiger partial charge in [0.25, 0.3) is 0 Å². The van der Waals surface area contributed by atoms with E-state index in [1.54, 1.807) is 7.05 Å². The van der Waals surface area contributed by atoms with Gasteiger partial charge < -0.3 is 15.4 Å². The molecule has 0 aliphatic rings. The number of halogens is 1. The lowest BCUT2D eigenvalue weighted by Gasteiger charge is -2.18. The Balaban J connectivity index is 0.00000576. The van der Waals surface area contributed by atoms with Gasteiger partial charge in [0, 0.05) is 19.8 Å². The van der Waals surface area contributed by atoms with Crippen molar-refractivity contribution >= 4 is 39.8 Å². The minimum Gasteiger partial charge on any atom is -0.379 e. The van der Waals surface area contributed by atoms with Gasteiger partial charge in [0.05, 0.1) is 25.0 Å². The standard InChI is InChI=1S/C17H29N3O3S.HI/c1-5-15-6-8-16(9-7-15)14(2)20-17(18-3)19-10-11-23-12-13-24(4,21)22;/h6-9,14H,5,10-13H2,1-4H3,(H2,18,19,20);1H. The fourth-order valence-electron chi connectivity index (χ4n) is 2.08. The van der Waals surface area contributed by atoms with E-state index in [-0.39, 0.29) is 42.4 Å². The van der Waals surface area contributed by atoms with Crippen LogP contribution in [0.1, 0.15) is 31.0 Å². The summed E-state index contributed by atoms with van der Waals surface area (Å²) in [5, 5.41) is 6.48. The van der Waals surface area contributed by atoms with Crippen LogP contribution >= 0.6 is 24.0 Å². The van der Waals surface area contributed by atoms with Gasteiger partial charge in [-0.1, -0.05) is 31.2 Å². The second-order valence-corrected chi connectivity index (χ2v) is 7.96. The zero-order valence-corrected chi connectivity index (χ0v) is 18.6. The number of sulfone groups is 1. The fraction of sp³-hybridized carbons (Fsp3) is 0.588. The summed E-state index contributed by atoms with van der Waals surface area (Å²) in [4.78, 5) is 4.19. The first-order chi connectivity index (χ1) is 11.4. The SMILES string of the molecule is CCc1ccc(C(C)NC(=NC)NCCOCCS(C)(=O)=O)cc1.I. The van der Waals surface area contributed by atoms with Gasteiger partial charge in [0.2, 0.25) is 0 Å². The van der Waals surface area contributed by atoms with Crippen LogP contribution in [0.3, 0.4) is 0 Å². The highest BCUT2D eigenvalue weighted by Crippen LogP contribution is 2.13. The molecule has 0 fully saturated rings. The van der Waals surface area contributed by atoms with Crippen molar-refractivity contribution in [1.29, 1.82) is 0 Å². The average Bonchev–Trinajstić information content (AvgIpc) is 2.55. The van der Waals surface area contributed by atoms with Crippen LogP contribution in [-0.4, -0.2) is 53.2 Å². The number of aryl methyl sites for hydroxylation is 1. The monoisotopic (exact) mass is 483 g/mol. The van der Waals surface area contributed by atoms with Crippen molar-refractivity contribution in [2.75, 3.05) is 38.8 Å². The molecule has 0 heterocycles. The van der Waals surface area contributed by atoms with E-state index in [1.165, 1.54) is 17.4 Å². The molecule has 0 aromatic heterocycles. The van der Waals surface area contributed by atoms with Gasteiger partial charge in [0.1, 0.15) is 9.84 Å². The van der Waals surface area contributed by atoms with E-state index < -0.39 is 9.84 Å². The topological polar surface area (TPSA) is 79.8 Å². The largest absolute Gasteiger partial charge is 0.379 e. The lowest BCUT2D eigenvalue weighted by Crippen LogP contribution is -2.40. The number of aliphatic imine (C=N–C) groups is 1. The average molecular weight is 483 g/mol. The van der Waals surface area contributed by atoms with Crippen LogP contribution in [0.4, 0.5) is 0 Å². The summed E-state index contributed by atoms with van der Waals surface area (Å²) in [6.45, 7) is 5.42. The molecule has 0 saturated heterocycles. The summed E-state index contributed by atoms with van der Waals surface area (Å²) in [6, 6.07) is 8.66. The number of nitrogens with one attached hydrogen (secondary N) is 2. The number of guanidine groups is 1. The van der Waals surface area contributed by atoms with Gasteiger partial charge in [-0.3, -0.25) is 4.99 Å². The summed E-state index contributed by atoms with van der Waals surface area (Å²) in [5.74, 6) is 0.735. The Hall–Kier alpha value is -0.870. The number of hydrogen-bond donors (Lipinski definition) is 2. The Labute approximate surface area is 168 Å². The smallest absolute Gasteiger partial charge is 0.191 e. The molecule has 0 radical (unpaired) electrons. The summed E-state index contributed by atoms with van der Waals surface area (Å²) in [7, 11) is -1.25. The summed E-state index contributed by atoms with van der Waals surface area (Å²) >= 11 is 0. The Morgan fingerprint density at radius 2 is 1.88 bits per heavy atom. The van der Waals surface area contributed by atoms with E-state index >= 15 is 0 Å². The van der Waals surface area contributed by atoms with E-state index in [2.05, 4.69) is 53.7 Å². The van der Waals surface area contributed by atoms with E-state index in [1.807, 2.05) is 0 Å². The predicted molar refractivity (Wildman–Crippen MR) is 115 cm³/mol. The molecule has 1 rings (SSSR count). The van der Waals surface area contributed by atoms with Crippen molar-refractivity contribution in [2.24, 2.45) is 4.99 Å². The Kier molecular flexibility index (Phi) is 12.0. The van der Waals surface area contributed by atoms with E-state index in [0.717, 1.165) is 6.42 Å². The van der Waals surface area contributed by atoms with Crippen LogP contribution in [0.25, 0.3) is 0 Å². The quantitative estimate of drug-likeness (QED) is 0.244. The third-order valence-corrected chi connectivity index (χ3v) is 4.51. The molecule has 0 aliphatic heterocycles. The molecule has 0 amide bonds. The third-order valence-electron chi connectivity index (χ3n) is 3.60. The molecule has 6 nitrogen and oxygen atoms in total. The van der Waals surface area contributed by atoms with E-state index in [4.69, 9.17) is 4.74 Å². The first-order valence-electron chi connectivity index (χ1n) is 8.17. The fourth-order valence-corrected chi connectivity index (χ4v) is 2.50. The lowest BCUT2D eigenvalue weighted by molar-refractivity contribution is 0.154. The molecular formula is C17H30IN3O3S. The summed E-state index contributed by atoms with van der Waals surface area (Å²) < 4.78 is 27.3. The van der Waals surface area contributed by atoms with Crippen molar-refractivity contribution < 1.29 is 13.2 Å². The minimum absolute atomic E-state index is 0. The van der Waals surface area contributed by atoms with Gasteiger partial charge in [-0.25, -0.2) is 8.42 Å². The molecule has 1 atom stereocenters. The summed E-state index contributed by atoms with van der Waals surface area (Å²) in [5.41, 5.74) is 2.51. The van der Waals surface area contributed by atoms with Crippen molar-refractivity contribution in [3.8, 4) is 0 Å². The highest BCUT2D eigenvalue weighted by atomic mass is 127. The molecule has 0 bridgehead atoms. The van der Waals surface area contributed by atoms with Crippen LogP contribution in [0.2, 0.25) is 0 Å². The zero-order valence-electron chi connectivity index (χ0n) is 15.4. The molecule has 2 N–H and O–H groups in total. The van der Waals surface area contributed by atoms with Crippen LogP contribution < -0.4 is 10.6 Å². The molecule has 1 aromatic rings. The molecule has 0 saturated carbocycles. The van der Waals surface area contributed by atoms with Crippen LogP contribution in [0, 0.1) is 0 Å². The highest BCUT2D eigenvalue weighted by molar-refractivity contribution is 14.0. The first-order valence-corrected chi connectivity index (χ1v) is 10.2. The molecule has 1 aromatic carbocycles. The Morgan fingerprint density at radius 3 is 2.40 bits per heavy atom. The van der Waals surface area contributed by atoms with Crippen molar-refractivity contribution in [3.63, 3.8) is 0 Å². The van der Waals surface area contributed by atoms with Crippen LogP contribution in [-0.2, 0) is 21.0 Å². The molecule has 0 aliphatic carbocycles. The maximum Gasteiger partial charge on any atom is 0.191 e. The maximum atomic E-state index is 11.0. The van der Waals surface area contributed by atoms with Crippen molar-refractivity contribution in [1.82, 2.24) is 10.6 Å². The number of nitrogens with zero attached hydrogens (tertiary/aromatic N) is 1. The number of ether oxygens (including phenoxy) is 1. The Morgan fingerprint density at radius 1 is 1.24 bits per heavy atom.